The zero-order chi connectivity index (χ0) is 32.6. The second-order valence-corrected chi connectivity index (χ2v) is 15.8. The Morgan fingerprint density at radius 1 is 0.500 bits per heavy atom. The molecule has 0 bridgehead atoms. The van der Waals surface area contributed by atoms with Gasteiger partial charge >= 0.3 is 0 Å². The van der Waals surface area contributed by atoms with E-state index in [0.29, 0.717) is 13.2 Å². The number of hydrogen-bond donors (Lipinski definition) is 0. The summed E-state index contributed by atoms with van der Waals surface area (Å²) in [6, 6.07) is 33.5. The van der Waals surface area contributed by atoms with Crippen LogP contribution in [0.5, 0.6) is 23.0 Å². The van der Waals surface area contributed by atoms with E-state index in [4.69, 9.17) is 28.4 Å². The first kappa shape index (κ1) is 34.2. The highest BCUT2D eigenvalue weighted by molar-refractivity contribution is 7.74. The maximum Gasteiger partial charge on any atom is 0.167 e. The van der Waals surface area contributed by atoms with Crippen molar-refractivity contribution in [3.8, 4) is 23.0 Å². The molecule has 1 heterocycles. The first-order chi connectivity index (χ1) is 22.5. The van der Waals surface area contributed by atoms with Crippen LogP contribution in [0.25, 0.3) is 0 Å². The van der Waals surface area contributed by atoms with E-state index >= 15 is 0 Å². The van der Waals surface area contributed by atoms with Crippen LogP contribution < -0.4 is 40.2 Å². The molecule has 1 aliphatic heterocycles. The van der Waals surface area contributed by atoms with Gasteiger partial charge in [0.1, 0.15) is 23.0 Å². The van der Waals surface area contributed by atoms with Gasteiger partial charge in [-0.25, -0.2) is 0 Å². The highest BCUT2D eigenvalue weighted by atomic mass is 31.1. The first-order valence-corrected chi connectivity index (χ1v) is 18.9. The Labute approximate surface area is 276 Å². The van der Waals surface area contributed by atoms with Crippen molar-refractivity contribution >= 4 is 37.1 Å². The van der Waals surface area contributed by atoms with Crippen LogP contribution >= 0.6 is 15.8 Å². The van der Waals surface area contributed by atoms with Gasteiger partial charge in [-0.15, -0.1) is 0 Å². The number of benzene rings is 4. The average molecular weight is 661 g/mol. The highest BCUT2D eigenvalue weighted by Crippen LogP contribution is 2.53. The molecule has 244 valence electrons. The molecule has 0 aromatic heterocycles. The minimum absolute atomic E-state index is 0.353. The second kappa shape index (κ2) is 15.6. The van der Waals surface area contributed by atoms with Crippen LogP contribution in [-0.4, -0.2) is 59.8 Å². The Morgan fingerprint density at radius 3 is 1.04 bits per heavy atom. The van der Waals surface area contributed by atoms with Gasteiger partial charge in [-0.1, -0.05) is 86.6 Å². The number of rotatable bonds is 14. The van der Waals surface area contributed by atoms with Gasteiger partial charge in [-0.05, 0) is 65.3 Å². The number of para-hydroxylation sites is 4. The predicted molar refractivity (Wildman–Crippen MR) is 192 cm³/mol. The molecule has 0 aliphatic carbocycles. The van der Waals surface area contributed by atoms with Gasteiger partial charge in [0.15, 0.2) is 5.79 Å². The minimum atomic E-state index is -0.968. The van der Waals surface area contributed by atoms with Gasteiger partial charge in [-0.2, -0.15) is 0 Å². The molecule has 0 radical (unpaired) electrons. The zero-order valence-electron chi connectivity index (χ0n) is 27.8. The lowest BCUT2D eigenvalue weighted by Crippen LogP contribution is -2.53. The standard InChI is InChI=1S/C38H46O6P2/c1-7-38(8-2)43-25-37(26-44-38,27-45(33-21-13-9-17-29(33)39-3)34-22-14-10-18-30(34)40-4)28-46(35-23-15-11-19-31(35)41-5)36-24-16-12-20-32(36)42-6/h9-24H,7-8,25-28H2,1-6H3. The summed E-state index contributed by atoms with van der Waals surface area (Å²) in [5, 5.41) is 4.69. The Kier molecular flexibility index (Phi) is 11.6. The van der Waals surface area contributed by atoms with E-state index in [2.05, 4.69) is 86.6 Å². The van der Waals surface area contributed by atoms with Crippen molar-refractivity contribution in [1.82, 2.24) is 0 Å². The molecule has 0 N–H and O–H groups in total. The van der Waals surface area contributed by atoms with Crippen molar-refractivity contribution in [2.75, 3.05) is 54.0 Å². The van der Waals surface area contributed by atoms with Crippen LogP contribution in [-0.2, 0) is 9.47 Å². The van der Waals surface area contributed by atoms with Crippen LogP contribution in [0.1, 0.15) is 26.7 Å². The summed E-state index contributed by atoms with van der Waals surface area (Å²) in [5.74, 6) is 2.92. The van der Waals surface area contributed by atoms with Gasteiger partial charge < -0.3 is 28.4 Å². The molecule has 1 aliphatic rings. The van der Waals surface area contributed by atoms with Gasteiger partial charge in [-0.3, -0.25) is 0 Å². The fourth-order valence-electron chi connectivity index (χ4n) is 6.23. The molecule has 4 aromatic rings. The fourth-order valence-corrected chi connectivity index (χ4v) is 12.3. The predicted octanol–water partition coefficient (Wildman–Crippen LogP) is 6.84. The van der Waals surface area contributed by atoms with Crippen molar-refractivity contribution in [1.29, 1.82) is 0 Å². The van der Waals surface area contributed by atoms with Crippen LogP contribution in [0.2, 0.25) is 0 Å². The second-order valence-electron chi connectivity index (χ2n) is 11.6. The molecule has 0 spiro atoms. The Balaban J connectivity index is 1.69. The maximum absolute atomic E-state index is 6.82. The Bertz CT molecular complexity index is 1360. The van der Waals surface area contributed by atoms with Crippen molar-refractivity contribution in [3.05, 3.63) is 97.1 Å². The normalized spacial score (nSPS) is 15.5. The quantitative estimate of drug-likeness (QED) is 0.138. The van der Waals surface area contributed by atoms with Gasteiger partial charge in [0, 0.05) is 26.6 Å². The van der Waals surface area contributed by atoms with E-state index < -0.39 is 21.6 Å². The molecule has 4 aromatic carbocycles. The SMILES string of the molecule is CCC1(CC)OCC(CP(c2ccccc2OC)c2ccccc2OC)(CP(c2ccccc2OC)c2ccccc2OC)CO1. The summed E-state index contributed by atoms with van der Waals surface area (Å²) in [6.45, 7) is 5.43. The lowest BCUT2D eigenvalue weighted by atomic mass is 9.93. The third kappa shape index (κ3) is 7.21. The molecule has 1 saturated heterocycles. The van der Waals surface area contributed by atoms with E-state index in [1.54, 1.807) is 28.4 Å². The van der Waals surface area contributed by atoms with Crippen LogP contribution in [0.4, 0.5) is 0 Å². The topological polar surface area (TPSA) is 55.4 Å². The van der Waals surface area contributed by atoms with Gasteiger partial charge in [0.05, 0.1) is 41.7 Å². The third-order valence-corrected chi connectivity index (χ3v) is 14.6. The molecule has 8 heteroatoms. The Morgan fingerprint density at radius 2 is 0.783 bits per heavy atom. The molecule has 1 fully saturated rings. The third-order valence-electron chi connectivity index (χ3n) is 8.85. The zero-order valence-corrected chi connectivity index (χ0v) is 29.6. The molecule has 6 nitrogen and oxygen atoms in total. The largest absolute Gasteiger partial charge is 0.496 e. The van der Waals surface area contributed by atoms with Crippen molar-refractivity contribution in [3.63, 3.8) is 0 Å². The molecule has 0 saturated carbocycles. The molecule has 0 atom stereocenters. The van der Waals surface area contributed by atoms with E-state index in [9.17, 15) is 0 Å². The summed E-state index contributed by atoms with van der Waals surface area (Å²) in [6.07, 6.45) is 3.22. The van der Waals surface area contributed by atoms with Crippen LogP contribution in [0, 0.1) is 5.41 Å². The highest BCUT2D eigenvalue weighted by Gasteiger charge is 2.47. The van der Waals surface area contributed by atoms with Crippen molar-refractivity contribution in [2.45, 2.75) is 32.5 Å². The maximum atomic E-state index is 6.82. The molecule has 46 heavy (non-hydrogen) atoms. The molecular weight excluding hydrogens is 614 g/mol. The van der Waals surface area contributed by atoms with Crippen LogP contribution in [0.15, 0.2) is 97.1 Å². The van der Waals surface area contributed by atoms with E-state index in [0.717, 1.165) is 48.2 Å². The minimum Gasteiger partial charge on any atom is -0.496 e. The Hall–Kier alpha value is -3.14. The lowest BCUT2D eigenvalue weighted by molar-refractivity contribution is -0.299. The number of ether oxygens (including phenoxy) is 6. The van der Waals surface area contributed by atoms with Crippen molar-refractivity contribution < 1.29 is 28.4 Å². The molecular formula is C38H46O6P2. The lowest BCUT2D eigenvalue weighted by Gasteiger charge is -2.48. The van der Waals surface area contributed by atoms with Crippen LogP contribution in [0.3, 0.4) is 0 Å². The van der Waals surface area contributed by atoms with Gasteiger partial charge in [0.25, 0.3) is 0 Å². The fraction of sp³-hybridized carbons (Fsp3) is 0.368. The summed E-state index contributed by atoms with van der Waals surface area (Å²) in [5.41, 5.74) is -0.353. The van der Waals surface area contributed by atoms with E-state index in [1.807, 2.05) is 24.3 Å². The average Bonchev–Trinajstić information content (AvgIpc) is 3.13. The van der Waals surface area contributed by atoms with Crippen molar-refractivity contribution in [2.24, 2.45) is 5.41 Å². The number of hydrogen-bond acceptors (Lipinski definition) is 6. The molecule has 0 amide bonds. The summed E-state index contributed by atoms with van der Waals surface area (Å²) in [7, 11) is 5.05. The molecule has 5 rings (SSSR count). The summed E-state index contributed by atoms with van der Waals surface area (Å²) >= 11 is 0. The van der Waals surface area contributed by atoms with E-state index in [-0.39, 0.29) is 5.41 Å². The van der Waals surface area contributed by atoms with Gasteiger partial charge in [0.2, 0.25) is 0 Å². The first-order valence-electron chi connectivity index (χ1n) is 15.8. The smallest absolute Gasteiger partial charge is 0.167 e. The monoisotopic (exact) mass is 660 g/mol. The molecule has 0 unspecified atom stereocenters. The number of methoxy groups -OCH3 is 4. The van der Waals surface area contributed by atoms with E-state index in [1.165, 1.54) is 21.2 Å². The summed E-state index contributed by atoms with van der Waals surface area (Å²) in [4.78, 5) is 0. The summed E-state index contributed by atoms with van der Waals surface area (Å²) < 4.78 is 37.6.